The normalized spacial score (nSPS) is 41.1. The van der Waals surface area contributed by atoms with Gasteiger partial charge >= 0.3 is 0 Å². The van der Waals surface area contributed by atoms with Crippen molar-refractivity contribution in [2.75, 3.05) is 7.05 Å². The number of hydrogen-bond acceptors (Lipinski definition) is 3. The number of ketones is 1. The number of carbonyl (C=O) groups is 1. The lowest BCUT2D eigenvalue weighted by Gasteiger charge is -2.48. The molecule has 2 fully saturated rings. The molecule has 2 aliphatic rings. The number of aliphatic hydroxyl groups is 1. The minimum atomic E-state index is -0.492. The van der Waals surface area contributed by atoms with Crippen LogP contribution in [0.1, 0.15) is 32.6 Å². The van der Waals surface area contributed by atoms with Crippen molar-refractivity contribution in [3.8, 4) is 0 Å². The first kappa shape index (κ1) is 10.1. The van der Waals surface area contributed by atoms with Crippen LogP contribution in [0.4, 0.5) is 0 Å². The lowest BCUT2D eigenvalue weighted by molar-refractivity contribution is -0.138. The Morgan fingerprint density at radius 3 is 2.86 bits per heavy atom. The molecule has 0 radical (unpaired) electrons. The van der Waals surface area contributed by atoms with E-state index in [9.17, 15) is 9.90 Å². The molecule has 0 aromatic heterocycles. The van der Waals surface area contributed by atoms with E-state index in [1.807, 2.05) is 0 Å². The first-order chi connectivity index (χ1) is 6.61. The van der Waals surface area contributed by atoms with Crippen molar-refractivity contribution in [2.24, 2.45) is 5.92 Å². The van der Waals surface area contributed by atoms with Crippen LogP contribution in [0.3, 0.4) is 0 Å². The Bertz CT molecular complexity index is 239. The van der Waals surface area contributed by atoms with Crippen LogP contribution in [-0.2, 0) is 4.79 Å². The molecule has 0 spiro atoms. The molecule has 0 amide bonds. The fourth-order valence-corrected chi connectivity index (χ4v) is 3.09. The van der Waals surface area contributed by atoms with Gasteiger partial charge in [-0.25, -0.2) is 0 Å². The number of fused-ring (bicyclic) bond motifs is 2. The fraction of sp³-hybridized carbons (Fsp3) is 0.909. The Morgan fingerprint density at radius 2 is 2.21 bits per heavy atom. The summed E-state index contributed by atoms with van der Waals surface area (Å²) >= 11 is 0. The van der Waals surface area contributed by atoms with Crippen LogP contribution in [0, 0.1) is 5.92 Å². The molecule has 2 aliphatic heterocycles. The second-order valence-corrected chi connectivity index (χ2v) is 4.75. The summed E-state index contributed by atoms with van der Waals surface area (Å²) < 4.78 is 0. The van der Waals surface area contributed by atoms with Crippen molar-refractivity contribution >= 4 is 5.78 Å². The summed E-state index contributed by atoms with van der Waals surface area (Å²) in [4.78, 5) is 14.1. The molecule has 0 aliphatic carbocycles. The fourth-order valence-electron chi connectivity index (χ4n) is 3.09. The predicted molar refractivity (Wildman–Crippen MR) is 54.0 cm³/mol. The van der Waals surface area contributed by atoms with Gasteiger partial charge < -0.3 is 5.11 Å². The smallest absolute Gasteiger partial charge is 0.141 e. The van der Waals surface area contributed by atoms with Gasteiger partial charge in [-0.05, 0) is 26.8 Å². The lowest BCUT2D eigenvalue weighted by Crippen LogP contribution is -2.57. The van der Waals surface area contributed by atoms with E-state index in [-0.39, 0.29) is 17.7 Å². The van der Waals surface area contributed by atoms with E-state index < -0.39 is 6.10 Å². The van der Waals surface area contributed by atoms with Crippen molar-refractivity contribution in [2.45, 2.75) is 50.8 Å². The van der Waals surface area contributed by atoms with E-state index >= 15 is 0 Å². The van der Waals surface area contributed by atoms with Gasteiger partial charge in [0.25, 0.3) is 0 Å². The van der Waals surface area contributed by atoms with Gasteiger partial charge in [-0.15, -0.1) is 0 Å². The maximum absolute atomic E-state index is 11.8. The van der Waals surface area contributed by atoms with Gasteiger partial charge in [0.2, 0.25) is 0 Å². The minimum absolute atomic E-state index is 0.142. The number of aliphatic hydroxyl groups excluding tert-OH is 1. The second kappa shape index (κ2) is 3.63. The van der Waals surface area contributed by atoms with E-state index in [4.69, 9.17) is 0 Å². The molecule has 3 heteroatoms. The summed E-state index contributed by atoms with van der Waals surface area (Å²) in [6, 6.07) is 0.728. The van der Waals surface area contributed by atoms with Crippen molar-refractivity contribution in [3.05, 3.63) is 0 Å². The number of rotatable bonds is 1. The molecule has 0 saturated carbocycles. The monoisotopic (exact) mass is 197 g/mol. The van der Waals surface area contributed by atoms with Crippen LogP contribution < -0.4 is 0 Å². The Morgan fingerprint density at radius 1 is 1.50 bits per heavy atom. The van der Waals surface area contributed by atoms with Crippen molar-refractivity contribution < 1.29 is 9.90 Å². The van der Waals surface area contributed by atoms with Crippen LogP contribution in [0.15, 0.2) is 0 Å². The van der Waals surface area contributed by atoms with Gasteiger partial charge in [-0.1, -0.05) is 6.42 Å². The molecule has 0 aromatic carbocycles. The summed E-state index contributed by atoms with van der Waals surface area (Å²) in [6.07, 6.45) is 3.56. The zero-order chi connectivity index (χ0) is 10.3. The zero-order valence-corrected chi connectivity index (χ0v) is 8.94. The molecule has 80 valence electrons. The Hall–Kier alpha value is -0.410. The lowest BCUT2D eigenvalue weighted by atomic mass is 9.75. The third kappa shape index (κ3) is 1.48. The zero-order valence-electron chi connectivity index (χ0n) is 8.94. The summed E-state index contributed by atoms with van der Waals surface area (Å²) in [7, 11) is 2.09. The average Bonchev–Trinajstić information content (AvgIpc) is 2.07. The maximum atomic E-state index is 11.8. The van der Waals surface area contributed by atoms with Gasteiger partial charge in [0.05, 0.1) is 12.0 Å². The molecular formula is C11H19NO2. The molecule has 2 rings (SSSR count). The van der Waals surface area contributed by atoms with E-state index in [1.54, 1.807) is 6.92 Å². The first-order valence-electron chi connectivity index (χ1n) is 5.54. The molecule has 2 bridgehead atoms. The van der Waals surface area contributed by atoms with Crippen molar-refractivity contribution in [1.29, 1.82) is 0 Å². The highest BCUT2D eigenvalue weighted by atomic mass is 16.3. The quantitative estimate of drug-likeness (QED) is 0.676. The van der Waals surface area contributed by atoms with Crippen molar-refractivity contribution in [3.63, 3.8) is 0 Å². The standard InChI is InChI=1S/C11H19NO2/c1-7(13)11-9-5-3-4-8(12(9)2)6-10(11)14/h7-9,11,13H,3-6H2,1-2H3/t7-,8-,9+,11+/m0/s1. The Kier molecular flexibility index (Phi) is 2.62. The summed E-state index contributed by atoms with van der Waals surface area (Å²) in [6.45, 7) is 1.74. The van der Waals surface area contributed by atoms with Gasteiger partial charge in [0.15, 0.2) is 0 Å². The van der Waals surface area contributed by atoms with E-state index in [2.05, 4.69) is 11.9 Å². The highest BCUT2D eigenvalue weighted by molar-refractivity contribution is 5.83. The van der Waals surface area contributed by atoms with Gasteiger partial charge in [-0.2, -0.15) is 0 Å². The van der Waals surface area contributed by atoms with Gasteiger partial charge in [0.1, 0.15) is 5.78 Å². The van der Waals surface area contributed by atoms with E-state index in [0.717, 1.165) is 12.8 Å². The van der Waals surface area contributed by atoms with Crippen molar-refractivity contribution in [1.82, 2.24) is 4.90 Å². The van der Waals surface area contributed by atoms with Crippen LogP contribution in [0.25, 0.3) is 0 Å². The Labute approximate surface area is 85.1 Å². The topological polar surface area (TPSA) is 40.5 Å². The maximum Gasteiger partial charge on any atom is 0.141 e. The van der Waals surface area contributed by atoms with Crippen LogP contribution >= 0.6 is 0 Å². The van der Waals surface area contributed by atoms with E-state index in [0.29, 0.717) is 12.5 Å². The minimum Gasteiger partial charge on any atom is -0.393 e. The third-order valence-electron chi connectivity index (χ3n) is 3.88. The van der Waals surface area contributed by atoms with Gasteiger partial charge in [0, 0.05) is 18.5 Å². The molecule has 0 aromatic rings. The number of Topliss-reactive ketones (excluding diaryl/α,β-unsaturated/α-hetero) is 1. The highest BCUT2D eigenvalue weighted by Gasteiger charge is 2.44. The second-order valence-electron chi connectivity index (χ2n) is 4.75. The molecule has 3 nitrogen and oxygen atoms in total. The number of nitrogens with zero attached hydrogens (tertiary/aromatic N) is 1. The summed E-state index contributed by atoms with van der Waals surface area (Å²) in [5.41, 5.74) is 0. The molecule has 2 heterocycles. The molecule has 1 N–H and O–H groups in total. The predicted octanol–water partition coefficient (Wildman–Crippen LogP) is 0.809. The summed E-state index contributed by atoms with van der Waals surface area (Å²) in [5.74, 6) is 0.129. The number of carbonyl (C=O) groups excluding carboxylic acids is 1. The molecule has 0 unspecified atom stereocenters. The van der Waals surface area contributed by atoms with Crippen LogP contribution in [0.5, 0.6) is 0 Å². The molecule has 14 heavy (non-hydrogen) atoms. The molecule has 2 saturated heterocycles. The number of piperidine rings is 2. The van der Waals surface area contributed by atoms with Crippen LogP contribution in [0.2, 0.25) is 0 Å². The average molecular weight is 197 g/mol. The Balaban J connectivity index is 2.21. The molecular weight excluding hydrogens is 178 g/mol. The first-order valence-corrected chi connectivity index (χ1v) is 5.54. The summed E-state index contributed by atoms with van der Waals surface area (Å²) in [5, 5.41) is 9.63. The SMILES string of the molecule is C[C@H](O)[C@H]1C(=O)C[C@@H]2CCC[C@H]1N2C. The highest BCUT2D eigenvalue weighted by Crippen LogP contribution is 2.35. The van der Waals surface area contributed by atoms with Crippen LogP contribution in [-0.4, -0.2) is 41.0 Å². The third-order valence-corrected chi connectivity index (χ3v) is 3.88. The van der Waals surface area contributed by atoms with E-state index in [1.165, 1.54) is 6.42 Å². The van der Waals surface area contributed by atoms with Gasteiger partial charge in [-0.3, -0.25) is 9.69 Å². The number of hydrogen-bond donors (Lipinski definition) is 1. The molecule has 4 atom stereocenters. The largest absolute Gasteiger partial charge is 0.393 e.